The Labute approximate surface area is 92.9 Å². The van der Waals surface area contributed by atoms with Crippen LogP contribution in [0.5, 0.6) is 0 Å². The molecule has 0 bridgehead atoms. The van der Waals surface area contributed by atoms with Gasteiger partial charge in [-0.3, -0.25) is 4.99 Å². The summed E-state index contributed by atoms with van der Waals surface area (Å²) < 4.78 is 0. The van der Waals surface area contributed by atoms with Gasteiger partial charge in [-0.15, -0.1) is 11.8 Å². The molecule has 3 heteroatoms. The topological polar surface area (TPSA) is 12.4 Å². The van der Waals surface area contributed by atoms with Crippen LogP contribution >= 0.6 is 23.4 Å². The number of rotatable bonds is 2. The summed E-state index contributed by atoms with van der Waals surface area (Å²) in [6.07, 6.45) is 4.12. The molecule has 0 saturated heterocycles. The van der Waals surface area contributed by atoms with Crippen LogP contribution in [0.3, 0.4) is 0 Å². The molecule has 0 aliphatic carbocycles. The standard InChI is InChI=1S/C11H10ClNS/c12-10-4-1-9(2-5-10)3-6-11-13-7-8-14-11/h1-6H,7-8H2/b6-3-. The third-order valence-electron chi connectivity index (χ3n) is 1.90. The van der Waals surface area contributed by atoms with Gasteiger partial charge >= 0.3 is 0 Å². The molecular weight excluding hydrogens is 214 g/mol. The third kappa shape index (κ3) is 2.63. The summed E-state index contributed by atoms with van der Waals surface area (Å²) in [5.74, 6) is 1.11. The molecule has 1 aromatic rings. The van der Waals surface area contributed by atoms with E-state index in [-0.39, 0.29) is 0 Å². The van der Waals surface area contributed by atoms with Crippen molar-refractivity contribution < 1.29 is 0 Å². The van der Waals surface area contributed by atoms with E-state index in [1.54, 1.807) is 11.8 Å². The summed E-state index contributed by atoms with van der Waals surface area (Å²) >= 11 is 7.59. The molecule has 0 radical (unpaired) electrons. The normalized spacial score (nSPS) is 16.2. The fraction of sp³-hybridized carbons (Fsp3) is 0.182. The average Bonchev–Trinajstić information content (AvgIpc) is 2.70. The molecule has 1 heterocycles. The molecule has 0 aromatic heterocycles. The maximum atomic E-state index is 5.79. The van der Waals surface area contributed by atoms with Crippen LogP contribution in [-0.2, 0) is 0 Å². The minimum atomic E-state index is 0.773. The fourth-order valence-corrected chi connectivity index (χ4v) is 2.06. The second-order valence-electron chi connectivity index (χ2n) is 2.95. The summed E-state index contributed by atoms with van der Waals surface area (Å²) in [6.45, 7) is 0.949. The minimum absolute atomic E-state index is 0.773. The Bertz CT molecular complexity index is 367. The largest absolute Gasteiger partial charge is 0.278 e. The Hall–Kier alpha value is -0.730. The first-order valence-corrected chi connectivity index (χ1v) is 5.82. The van der Waals surface area contributed by atoms with Gasteiger partial charge in [-0.05, 0) is 23.8 Å². The Kier molecular flexibility index (Phi) is 3.27. The van der Waals surface area contributed by atoms with E-state index in [2.05, 4.69) is 17.1 Å². The Balaban J connectivity index is 2.06. The van der Waals surface area contributed by atoms with Gasteiger partial charge in [-0.1, -0.05) is 29.8 Å². The predicted octanol–water partition coefficient (Wildman–Crippen LogP) is 3.50. The van der Waals surface area contributed by atoms with Gasteiger partial charge in [0.1, 0.15) is 0 Å². The zero-order chi connectivity index (χ0) is 9.80. The quantitative estimate of drug-likeness (QED) is 0.748. The number of hydrogen-bond donors (Lipinski definition) is 0. The van der Waals surface area contributed by atoms with Gasteiger partial charge in [0.15, 0.2) is 0 Å². The second-order valence-corrected chi connectivity index (χ2v) is 4.50. The summed E-state index contributed by atoms with van der Waals surface area (Å²) in [7, 11) is 0. The lowest BCUT2D eigenvalue weighted by Crippen LogP contribution is -1.78. The van der Waals surface area contributed by atoms with E-state index in [1.165, 1.54) is 0 Å². The molecule has 0 saturated carbocycles. The Morgan fingerprint density at radius 3 is 2.64 bits per heavy atom. The monoisotopic (exact) mass is 223 g/mol. The number of halogens is 1. The van der Waals surface area contributed by atoms with Crippen molar-refractivity contribution in [3.05, 3.63) is 40.9 Å². The summed E-state index contributed by atoms with van der Waals surface area (Å²) in [5.41, 5.74) is 1.16. The molecule has 2 rings (SSSR count). The van der Waals surface area contributed by atoms with Crippen molar-refractivity contribution in [3.8, 4) is 0 Å². The third-order valence-corrected chi connectivity index (χ3v) is 3.10. The summed E-state index contributed by atoms with van der Waals surface area (Å²) in [5, 5.41) is 1.90. The molecule has 1 aromatic carbocycles. The van der Waals surface area contributed by atoms with Crippen molar-refractivity contribution in [2.24, 2.45) is 4.99 Å². The van der Waals surface area contributed by atoms with E-state index in [0.717, 1.165) is 27.9 Å². The highest BCUT2D eigenvalue weighted by molar-refractivity contribution is 8.14. The van der Waals surface area contributed by atoms with Crippen molar-refractivity contribution in [2.45, 2.75) is 0 Å². The molecule has 0 N–H and O–H groups in total. The predicted molar refractivity (Wildman–Crippen MR) is 65.2 cm³/mol. The van der Waals surface area contributed by atoms with Crippen LogP contribution in [0.1, 0.15) is 5.56 Å². The highest BCUT2D eigenvalue weighted by Gasteiger charge is 2.01. The second kappa shape index (κ2) is 4.67. The lowest BCUT2D eigenvalue weighted by atomic mass is 10.2. The molecule has 1 nitrogen and oxygen atoms in total. The van der Waals surface area contributed by atoms with Crippen molar-refractivity contribution in [1.82, 2.24) is 0 Å². The average molecular weight is 224 g/mol. The number of thioether (sulfide) groups is 1. The molecule has 1 aliphatic heterocycles. The maximum absolute atomic E-state index is 5.79. The van der Waals surface area contributed by atoms with Crippen LogP contribution in [-0.4, -0.2) is 17.3 Å². The maximum Gasteiger partial charge on any atom is 0.0905 e. The molecule has 0 amide bonds. The van der Waals surface area contributed by atoms with E-state index in [0.29, 0.717) is 0 Å². The molecule has 0 unspecified atom stereocenters. The first kappa shape index (κ1) is 9.81. The minimum Gasteiger partial charge on any atom is -0.278 e. The SMILES string of the molecule is Clc1ccc(/C=C\C2=NCCS2)cc1. The van der Waals surface area contributed by atoms with Crippen LogP contribution in [0.15, 0.2) is 35.3 Å². The molecule has 72 valence electrons. The van der Waals surface area contributed by atoms with Gasteiger partial charge in [-0.25, -0.2) is 0 Å². The van der Waals surface area contributed by atoms with Gasteiger partial charge in [-0.2, -0.15) is 0 Å². The first-order chi connectivity index (χ1) is 6.84. The van der Waals surface area contributed by atoms with E-state index >= 15 is 0 Å². The zero-order valence-corrected chi connectivity index (χ0v) is 9.18. The number of nitrogens with zero attached hydrogens (tertiary/aromatic N) is 1. The fourth-order valence-electron chi connectivity index (χ4n) is 1.19. The smallest absolute Gasteiger partial charge is 0.0905 e. The van der Waals surface area contributed by atoms with E-state index < -0.39 is 0 Å². The first-order valence-electron chi connectivity index (χ1n) is 4.45. The van der Waals surface area contributed by atoms with Crippen LogP contribution in [0.25, 0.3) is 6.08 Å². The molecule has 0 fully saturated rings. The van der Waals surface area contributed by atoms with Gasteiger partial charge in [0.05, 0.1) is 5.04 Å². The highest BCUT2D eigenvalue weighted by atomic mass is 35.5. The van der Waals surface area contributed by atoms with E-state index in [9.17, 15) is 0 Å². The Morgan fingerprint density at radius 2 is 2.00 bits per heavy atom. The van der Waals surface area contributed by atoms with E-state index in [4.69, 9.17) is 11.6 Å². The lowest BCUT2D eigenvalue weighted by molar-refractivity contribution is 1.18. The summed E-state index contributed by atoms with van der Waals surface area (Å²) in [6, 6.07) is 7.79. The molecule has 0 spiro atoms. The zero-order valence-electron chi connectivity index (χ0n) is 7.61. The van der Waals surface area contributed by atoms with Gasteiger partial charge < -0.3 is 0 Å². The molecule has 14 heavy (non-hydrogen) atoms. The van der Waals surface area contributed by atoms with Crippen LogP contribution in [0.4, 0.5) is 0 Å². The summed E-state index contributed by atoms with van der Waals surface area (Å²) in [4.78, 5) is 4.34. The number of hydrogen-bond acceptors (Lipinski definition) is 2. The van der Waals surface area contributed by atoms with Crippen LogP contribution < -0.4 is 0 Å². The van der Waals surface area contributed by atoms with Gasteiger partial charge in [0, 0.05) is 17.3 Å². The molecule has 1 aliphatic rings. The number of benzene rings is 1. The lowest BCUT2D eigenvalue weighted by Gasteiger charge is -1.93. The molecule has 0 atom stereocenters. The van der Waals surface area contributed by atoms with E-state index in [1.807, 2.05) is 24.3 Å². The van der Waals surface area contributed by atoms with Crippen LogP contribution in [0.2, 0.25) is 5.02 Å². The number of aliphatic imine (C=N–C) groups is 1. The van der Waals surface area contributed by atoms with Crippen molar-refractivity contribution >= 4 is 34.5 Å². The van der Waals surface area contributed by atoms with Crippen molar-refractivity contribution in [3.63, 3.8) is 0 Å². The molecular formula is C11H10ClNS. The van der Waals surface area contributed by atoms with Gasteiger partial charge in [0.25, 0.3) is 0 Å². The van der Waals surface area contributed by atoms with Crippen molar-refractivity contribution in [1.29, 1.82) is 0 Å². The van der Waals surface area contributed by atoms with Gasteiger partial charge in [0.2, 0.25) is 0 Å². The van der Waals surface area contributed by atoms with Crippen LogP contribution in [0, 0.1) is 0 Å². The van der Waals surface area contributed by atoms with Crippen molar-refractivity contribution in [2.75, 3.05) is 12.3 Å². The Morgan fingerprint density at radius 1 is 1.21 bits per heavy atom. The highest BCUT2D eigenvalue weighted by Crippen LogP contribution is 2.15.